The summed E-state index contributed by atoms with van der Waals surface area (Å²) in [7, 11) is 0. The molecule has 0 saturated carbocycles. The fourth-order valence-electron chi connectivity index (χ4n) is 2.30. The molecule has 0 aliphatic heterocycles. The van der Waals surface area contributed by atoms with Crippen molar-refractivity contribution in [3.63, 3.8) is 0 Å². The van der Waals surface area contributed by atoms with E-state index >= 15 is 0 Å². The van der Waals surface area contributed by atoms with Crippen LogP contribution in [0, 0.1) is 0 Å². The number of nitrogens with zero attached hydrogens (tertiary/aromatic N) is 2. The van der Waals surface area contributed by atoms with E-state index in [1.54, 1.807) is 6.20 Å². The summed E-state index contributed by atoms with van der Waals surface area (Å²) in [5.41, 5.74) is 8.24. The molecule has 3 nitrogen and oxygen atoms in total. The van der Waals surface area contributed by atoms with Crippen LogP contribution in [0.5, 0.6) is 0 Å². The summed E-state index contributed by atoms with van der Waals surface area (Å²) in [6, 6.07) is 10.6. The summed E-state index contributed by atoms with van der Waals surface area (Å²) in [6.07, 6.45) is 2.53. The standard InChI is InChI=1S/C15H20ClN3/c1-11(2)19-15(14(16)10-18-19)8-13(9-17)12-6-4-3-5-7-12/h3-7,10-11,13H,8-9,17H2,1-2H3. The predicted octanol–water partition coefficient (Wildman–Crippen LogP) is 3.40. The molecule has 1 aromatic carbocycles. The molecule has 2 N–H and O–H groups in total. The second-order valence-corrected chi connectivity index (χ2v) is 5.43. The lowest BCUT2D eigenvalue weighted by molar-refractivity contribution is 0.497. The van der Waals surface area contributed by atoms with Crippen LogP contribution in [0.15, 0.2) is 36.5 Å². The Morgan fingerprint density at radius 1 is 1.26 bits per heavy atom. The number of nitrogens with two attached hydrogens (primary N) is 1. The lowest BCUT2D eigenvalue weighted by atomic mass is 9.94. The Kier molecular flexibility index (Phi) is 4.61. The fraction of sp³-hybridized carbons (Fsp3) is 0.400. The minimum atomic E-state index is 0.271. The van der Waals surface area contributed by atoms with Gasteiger partial charge in [-0.25, -0.2) is 0 Å². The highest BCUT2D eigenvalue weighted by molar-refractivity contribution is 6.31. The molecule has 0 spiro atoms. The zero-order valence-corrected chi connectivity index (χ0v) is 12.1. The number of benzene rings is 1. The third kappa shape index (κ3) is 3.17. The highest BCUT2D eigenvalue weighted by Crippen LogP contribution is 2.26. The van der Waals surface area contributed by atoms with Gasteiger partial charge in [0.05, 0.1) is 16.9 Å². The molecule has 0 fully saturated rings. The van der Waals surface area contributed by atoms with E-state index in [1.807, 2.05) is 22.9 Å². The molecule has 0 radical (unpaired) electrons. The average Bonchev–Trinajstić information content (AvgIpc) is 2.78. The number of aromatic nitrogens is 2. The Balaban J connectivity index is 2.26. The second-order valence-electron chi connectivity index (χ2n) is 5.02. The summed E-state index contributed by atoms with van der Waals surface area (Å²) in [6.45, 7) is 4.81. The third-order valence-electron chi connectivity index (χ3n) is 3.33. The summed E-state index contributed by atoms with van der Waals surface area (Å²) in [5.74, 6) is 0.271. The van der Waals surface area contributed by atoms with E-state index in [0.29, 0.717) is 12.6 Å². The number of halogens is 1. The zero-order chi connectivity index (χ0) is 13.8. The molecular formula is C15H20ClN3. The van der Waals surface area contributed by atoms with Gasteiger partial charge >= 0.3 is 0 Å². The van der Waals surface area contributed by atoms with Gasteiger partial charge in [0, 0.05) is 12.0 Å². The Morgan fingerprint density at radius 2 is 1.95 bits per heavy atom. The molecular weight excluding hydrogens is 258 g/mol. The van der Waals surface area contributed by atoms with E-state index in [4.69, 9.17) is 17.3 Å². The molecule has 2 aromatic rings. The van der Waals surface area contributed by atoms with E-state index in [2.05, 4.69) is 31.1 Å². The van der Waals surface area contributed by atoms with Crippen molar-refractivity contribution in [2.75, 3.05) is 6.54 Å². The van der Waals surface area contributed by atoms with Crippen LogP contribution >= 0.6 is 11.6 Å². The normalized spacial score (nSPS) is 12.9. The van der Waals surface area contributed by atoms with Crippen LogP contribution in [0.25, 0.3) is 0 Å². The molecule has 2 rings (SSSR count). The molecule has 102 valence electrons. The smallest absolute Gasteiger partial charge is 0.0818 e. The molecule has 1 aromatic heterocycles. The molecule has 4 heteroatoms. The van der Waals surface area contributed by atoms with Crippen LogP contribution in [0.3, 0.4) is 0 Å². The molecule has 1 unspecified atom stereocenters. The highest BCUT2D eigenvalue weighted by Gasteiger charge is 2.17. The topological polar surface area (TPSA) is 43.8 Å². The quantitative estimate of drug-likeness (QED) is 0.910. The zero-order valence-electron chi connectivity index (χ0n) is 11.4. The summed E-state index contributed by atoms with van der Waals surface area (Å²) in [4.78, 5) is 0. The van der Waals surface area contributed by atoms with Crippen molar-refractivity contribution >= 4 is 11.6 Å². The van der Waals surface area contributed by atoms with Gasteiger partial charge in [0.25, 0.3) is 0 Å². The van der Waals surface area contributed by atoms with Crippen molar-refractivity contribution in [1.82, 2.24) is 9.78 Å². The van der Waals surface area contributed by atoms with Gasteiger partial charge in [0.1, 0.15) is 0 Å². The van der Waals surface area contributed by atoms with Crippen molar-refractivity contribution in [2.24, 2.45) is 5.73 Å². The van der Waals surface area contributed by atoms with Gasteiger partial charge in [-0.3, -0.25) is 4.68 Å². The highest BCUT2D eigenvalue weighted by atomic mass is 35.5. The van der Waals surface area contributed by atoms with E-state index in [-0.39, 0.29) is 5.92 Å². The largest absolute Gasteiger partial charge is 0.330 e. The third-order valence-corrected chi connectivity index (χ3v) is 3.65. The lowest BCUT2D eigenvalue weighted by Crippen LogP contribution is -2.18. The van der Waals surface area contributed by atoms with Gasteiger partial charge in [-0.05, 0) is 32.4 Å². The first-order valence-corrected chi connectivity index (χ1v) is 6.98. The van der Waals surface area contributed by atoms with E-state index < -0.39 is 0 Å². The Labute approximate surface area is 119 Å². The van der Waals surface area contributed by atoms with Gasteiger partial charge in [-0.15, -0.1) is 0 Å². The van der Waals surface area contributed by atoms with Crippen molar-refractivity contribution in [2.45, 2.75) is 32.2 Å². The Bertz CT molecular complexity index is 519. The van der Waals surface area contributed by atoms with Crippen LogP contribution < -0.4 is 5.73 Å². The maximum atomic E-state index is 6.25. The van der Waals surface area contributed by atoms with Crippen molar-refractivity contribution in [3.8, 4) is 0 Å². The minimum absolute atomic E-state index is 0.271. The van der Waals surface area contributed by atoms with E-state index in [0.717, 1.165) is 17.1 Å². The van der Waals surface area contributed by atoms with Gasteiger partial charge in [0.2, 0.25) is 0 Å². The Hall–Kier alpha value is -1.32. The molecule has 0 aliphatic rings. The predicted molar refractivity (Wildman–Crippen MR) is 79.6 cm³/mol. The van der Waals surface area contributed by atoms with Gasteiger partial charge in [0.15, 0.2) is 0 Å². The fourth-order valence-corrected chi connectivity index (χ4v) is 2.51. The molecule has 19 heavy (non-hydrogen) atoms. The van der Waals surface area contributed by atoms with Crippen molar-refractivity contribution in [3.05, 3.63) is 52.8 Å². The van der Waals surface area contributed by atoms with Gasteiger partial charge in [-0.1, -0.05) is 41.9 Å². The summed E-state index contributed by atoms with van der Waals surface area (Å²) < 4.78 is 1.98. The molecule has 0 saturated heterocycles. The van der Waals surface area contributed by atoms with Gasteiger partial charge in [-0.2, -0.15) is 5.10 Å². The number of rotatable bonds is 5. The average molecular weight is 278 g/mol. The summed E-state index contributed by atoms with van der Waals surface area (Å²) in [5, 5.41) is 5.07. The van der Waals surface area contributed by atoms with Crippen LogP contribution in [0.2, 0.25) is 5.02 Å². The van der Waals surface area contributed by atoms with Crippen LogP contribution in [-0.4, -0.2) is 16.3 Å². The van der Waals surface area contributed by atoms with Crippen LogP contribution in [-0.2, 0) is 6.42 Å². The van der Waals surface area contributed by atoms with Crippen molar-refractivity contribution in [1.29, 1.82) is 0 Å². The Morgan fingerprint density at radius 3 is 2.53 bits per heavy atom. The minimum Gasteiger partial charge on any atom is -0.330 e. The molecule has 0 amide bonds. The van der Waals surface area contributed by atoms with E-state index in [1.165, 1.54) is 5.56 Å². The lowest BCUT2D eigenvalue weighted by Gasteiger charge is -2.18. The second kappa shape index (κ2) is 6.22. The molecule has 0 aliphatic carbocycles. The number of hydrogen-bond donors (Lipinski definition) is 1. The van der Waals surface area contributed by atoms with Crippen LogP contribution in [0.4, 0.5) is 0 Å². The van der Waals surface area contributed by atoms with Gasteiger partial charge < -0.3 is 5.73 Å². The molecule has 0 bridgehead atoms. The SMILES string of the molecule is CC(C)n1ncc(Cl)c1CC(CN)c1ccccc1. The van der Waals surface area contributed by atoms with Crippen LogP contribution in [0.1, 0.15) is 37.1 Å². The first-order valence-electron chi connectivity index (χ1n) is 6.60. The maximum Gasteiger partial charge on any atom is 0.0818 e. The maximum absolute atomic E-state index is 6.25. The number of hydrogen-bond acceptors (Lipinski definition) is 2. The van der Waals surface area contributed by atoms with E-state index in [9.17, 15) is 0 Å². The summed E-state index contributed by atoms with van der Waals surface area (Å²) >= 11 is 6.25. The monoisotopic (exact) mass is 277 g/mol. The van der Waals surface area contributed by atoms with Crippen molar-refractivity contribution < 1.29 is 0 Å². The molecule has 1 atom stereocenters. The first-order chi connectivity index (χ1) is 9.13. The molecule has 1 heterocycles. The first kappa shape index (κ1) is 14.1.